The largest absolute Gasteiger partial charge is 0.334 e. The van der Waals surface area contributed by atoms with E-state index in [9.17, 15) is 9.59 Å². The molecule has 1 aliphatic carbocycles. The molecule has 1 amide bonds. The molecule has 5 nitrogen and oxygen atoms in total. The van der Waals surface area contributed by atoms with Crippen LogP contribution < -0.4 is 5.56 Å². The van der Waals surface area contributed by atoms with Crippen molar-refractivity contribution in [2.24, 2.45) is 5.92 Å². The third-order valence-corrected chi connectivity index (χ3v) is 6.16. The van der Waals surface area contributed by atoms with E-state index in [1.54, 1.807) is 29.4 Å². The zero-order valence-corrected chi connectivity index (χ0v) is 15.7. The summed E-state index contributed by atoms with van der Waals surface area (Å²) in [5, 5.41) is 0.560. The van der Waals surface area contributed by atoms with Crippen molar-refractivity contribution in [2.75, 3.05) is 7.05 Å². The van der Waals surface area contributed by atoms with Crippen molar-refractivity contribution in [2.45, 2.75) is 32.7 Å². The summed E-state index contributed by atoms with van der Waals surface area (Å²) >= 11 is 1.61. The van der Waals surface area contributed by atoms with Crippen LogP contribution in [0.25, 0.3) is 10.9 Å². The van der Waals surface area contributed by atoms with Gasteiger partial charge in [-0.3, -0.25) is 9.59 Å². The van der Waals surface area contributed by atoms with Gasteiger partial charge in [-0.15, -0.1) is 11.3 Å². The molecule has 26 heavy (non-hydrogen) atoms. The second kappa shape index (κ2) is 6.68. The number of nitrogens with zero attached hydrogens (tertiary/aromatic N) is 2. The molecule has 1 atom stereocenters. The average Bonchev–Trinajstić information content (AvgIpc) is 3.04. The summed E-state index contributed by atoms with van der Waals surface area (Å²) in [6.45, 7) is 2.54. The van der Waals surface area contributed by atoms with Gasteiger partial charge in [0.2, 0.25) is 0 Å². The highest BCUT2D eigenvalue weighted by atomic mass is 32.1. The summed E-state index contributed by atoms with van der Waals surface area (Å²) in [6.07, 6.45) is 3.32. The molecule has 4 rings (SSSR count). The minimum absolute atomic E-state index is 0.0205. The van der Waals surface area contributed by atoms with Gasteiger partial charge in [0.1, 0.15) is 5.82 Å². The number of benzene rings is 1. The fourth-order valence-corrected chi connectivity index (χ4v) is 4.71. The van der Waals surface area contributed by atoms with Crippen LogP contribution >= 0.6 is 11.3 Å². The van der Waals surface area contributed by atoms with Gasteiger partial charge in [0, 0.05) is 11.9 Å². The van der Waals surface area contributed by atoms with Crippen LogP contribution in [0.1, 0.15) is 39.3 Å². The highest BCUT2D eigenvalue weighted by Gasteiger charge is 2.22. The van der Waals surface area contributed by atoms with Gasteiger partial charge in [0.15, 0.2) is 0 Å². The molecule has 1 N–H and O–H groups in total. The predicted molar refractivity (Wildman–Crippen MR) is 104 cm³/mol. The number of aromatic amines is 1. The summed E-state index contributed by atoms with van der Waals surface area (Å²) in [7, 11) is 1.75. The quantitative estimate of drug-likeness (QED) is 0.772. The number of hydrogen-bond donors (Lipinski definition) is 1. The normalized spacial score (nSPS) is 16.5. The first kappa shape index (κ1) is 17.0. The van der Waals surface area contributed by atoms with Crippen LogP contribution in [-0.4, -0.2) is 27.8 Å². The van der Waals surface area contributed by atoms with E-state index in [2.05, 4.69) is 16.9 Å². The highest BCUT2D eigenvalue weighted by molar-refractivity contribution is 7.14. The Balaban J connectivity index is 1.56. The molecule has 0 saturated heterocycles. The van der Waals surface area contributed by atoms with Crippen LogP contribution in [0.3, 0.4) is 0 Å². The molecule has 134 valence electrons. The second-order valence-electron chi connectivity index (χ2n) is 7.10. The first-order valence-corrected chi connectivity index (χ1v) is 9.68. The molecule has 1 aromatic carbocycles. The lowest BCUT2D eigenvalue weighted by Crippen LogP contribution is -2.27. The molecular weight excluding hydrogens is 346 g/mol. The molecule has 3 aromatic rings. The molecule has 1 aliphatic rings. The van der Waals surface area contributed by atoms with Crippen molar-refractivity contribution in [1.29, 1.82) is 0 Å². The maximum Gasteiger partial charge on any atom is 0.264 e. The van der Waals surface area contributed by atoms with Gasteiger partial charge < -0.3 is 9.88 Å². The summed E-state index contributed by atoms with van der Waals surface area (Å²) < 4.78 is 0. The number of nitrogens with one attached hydrogen (secondary N) is 1. The Labute approximate surface area is 155 Å². The molecule has 0 aliphatic heterocycles. The van der Waals surface area contributed by atoms with Crippen LogP contribution in [-0.2, 0) is 19.4 Å². The van der Waals surface area contributed by atoms with Crippen LogP contribution in [0.2, 0.25) is 0 Å². The number of H-pyrrole nitrogens is 1. The van der Waals surface area contributed by atoms with Gasteiger partial charge >= 0.3 is 0 Å². The molecule has 2 aromatic heterocycles. The number of carbonyl (C=O) groups is 1. The Kier molecular flexibility index (Phi) is 4.36. The lowest BCUT2D eigenvalue weighted by atomic mass is 9.90. The SMILES string of the molecule is C[C@@H]1CCc2sc(C(=O)N(C)Cc3nc4ccccc4c(=O)[nH]3)cc2C1. The first-order chi connectivity index (χ1) is 12.5. The lowest BCUT2D eigenvalue weighted by molar-refractivity contribution is 0.0786. The molecule has 0 saturated carbocycles. The highest BCUT2D eigenvalue weighted by Crippen LogP contribution is 2.32. The minimum atomic E-state index is -0.174. The summed E-state index contributed by atoms with van der Waals surface area (Å²) in [5.41, 5.74) is 1.79. The fraction of sp³-hybridized carbons (Fsp3) is 0.350. The Hall–Kier alpha value is -2.47. The Morgan fingerprint density at radius 1 is 1.38 bits per heavy atom. The minimum Gasteiger partial charge on any atom is -0.334 e. The Morgan fingerprint density at radius 3 is 3.04 bits per heavy atom. The van der Waals surface area contributed by atoms with E-state index in [1.807, 2.05) is 24.3 Å². The smallest absolute Gasteiger partial charge is 0.264 e. The van der Waals surface area contributed by atoms with Crippen molar-refractivity contribution in [3.63, 3.8) is 0 Å². The van der Waals surface area contributed by atoms with Gasteiger partial charge in [-0.1, -0.05) is 19.1 Å². The van der Waals surface area contributed by atoms with Crippen molar-refractivity contribution in [3.8, 4) is 0 Å². The standard InChI is InChI=1S/C20H21N3O2S/c1-12-7-8-16-13(9-12)10-17(26-16)20(25)23(2)11-18-21-15-6-4-3-5-14(15)19(24)22-18/h3-6,10,12H,7-9,11H2,1-2H3,(H,21,22,24)/t12-/m1/s1. The molecular formula is C20H21N3O2S. The summed E-state index contributed by atoms with van der Waals surface area (Å²) in [6, 6.07) is 9.27. The predicted octanol–water partition coefficient (Wildman–Crippen LogP) is 3.38. The molecule has 0 unspecified atom stereocenters. The third-order valence-electron chi connectivity index (χ3n) is 4.94. The van der Waals surface area contributed by atoms with Crippen LogP contribution in [0.5, 0.6) is 0 Å². The molecule has 0 radical (unpaired) electrons. The number of rotatable bonds is 3. The first-order valence-electron chi connectivity index (χ1n) is 8.86. The zero-order valence-electron chi connectivity index (χ0n) is 14.9. The number of hydrogen-bond acceptors (Lipinski definition) is 4. The van der Waals surface area contributed by atoms with Crippen LogP contribution in [0.15, 0.2) is 35.1 Å². The number of amides is 1. The maximum atomic E-state index is 12.8. The van der Waals surface area contributed by atoms with Crippen molar-refractivity contribution in [1.82, 2.24) is 14.9 Å². The van der Waals surface area contributed by atoms with Gasteiger partial charge in [-0.05, 0) is 48.9 Å². The van der Waals surface area contributed by atoms with Crippen LogP contribution in [0.4, 0.5) is 0 Å². The molecule has 0 spiro atoms. The molecule has 0 bridgehead atoms. The summed E-state index contributed by atoms with van der Waals surface area (Å²) in [4.78, 5) is 36.0. The van der Waals surface area contributed by atoms with Crippen molar-refractivity contribution in [3.05, 3.63) is 61.8 Å². The average molecular weight is 367 g/mol. The van der Waals surface area contributed by atoms with Gasteiger partial charge in [0.25, 0.3) is 11.5 Å². The Morgan fingerprint density at radius 2 is 2.19 bits per heavy atom. The van der Waals surface area contributed by atoms with Crippen molar-refractivity contribution >= 4 is 28.1 Å². The van der Waals surface area contributed by atoms with Gasteiger partial charge in [0.05, 0.1) is 22.3 Å². The number of fused-ring (bicyclic) bond motifs is 2. The van der Waals surface area contributed by atoms with E-state index in [1.165, 1.54) is 16.9 Å². The van der Waals surface area contributed by atoms with E-state index in [0.717, 1.165) is 17.7 Å². The van der Waals surface area contributed by atoms with Gasteiger partial charge in [-0.25, -0.2) is 4.98 Å². The number of carbonyl (C=O) groups excluding carboxylic acids is 1. The number of aryl methyl sites for hydroxylation is 1. The van der Waals surface area contributed by atoms with E-state index >= 15 is 0 Å². The fourth-order valence-electron chi connectivity index (χ4n) is 3.51. The second-order valence-corrected chi connectivity index (χ2v) is 8.23. The maximum absolute atomic E-state index is 12.8. The zero-order chi connectivity index (χ0) is 18.3. The van der Waals surface area contributed by atoms with Crippen molar-refractivity contribution < 1.29 is 4.79 Å². The van der Waals surface area contributed by atoms with E-state index in [4.69, 9.17) is 0 Å². The number of para-hydroxylation sites is 1. The third kappa shape index (κ3) is 3.17. The van der Waals surface area contributed by atoms with Gasteiger partial charge in [-0.2, -0.15) is 0 Å². The Bertz CT molecular complexity index is 1040. The molecule has 0 fully saturated rings. The number of aromatic nitrogens is 2. The van der Waals surface area contributed by atoms with E-state index in [-0.39, 0.29) is 18.0 Å². The number of thiophene rings is 1. The topological polar surface area (TPSA) is 66.1 Å². The lowest BCUT2D eigenvalue weighted by Gasteiger charge is -2.16. The molecule has 6 heteroatoms. The monoisotopic (exact) mass is 367 g/mol. The van der Waals surface area contributed by atoms with E-state index < -0.39 is 0 Å². The van der Waals surface area contributed by atoms with Crippen LogP contribution in [0, 0.1) is 5.92 Å². The summed E-state index contributed by atoms with van der Waals surface area (Å²) in [5.74, 6) is 1.16. The van der Waals surface area contributed by atoms with E-state index in [0.29, 0.717) is 22.6 Å². The molecule has 2 heterocycles.